The number of para-hydroxylation sites is 1. The highest BCUT2D eigenvalue weighted by atomic mass is 32.1. The second kappa shape index (κ2) is 4.69. The largest absolute Gasteiger partial charge is 0.332 e. The topological polar surface area (TPSA) is 37.8 Å². The fourth-order valence-electron chi connectivity index (χ4n) is 1.88. The van der Waals surface area contributed by atoms with Crippen molar-refractivity contribution in [3.8, 4) is 0 Å². The first-order chi connectivity index (χ1) is 8.44. The lowest BCUT2D eigenvalue weighted by Gasteiger charge is -2.23. The zero-order valence-electron chi connectivity index (χ0n) is 11.0. The fraction of sp³-hybridized carbons (Fsp3) is 0.429. The van der Waals surface area contributed by atoms with Crippen LogP contribution in [-0.4, -0.2) is 9.55 Å². The number of fused-ring (bicyclic) bond motifs is 1. The van der Waals surface area contributed by atoms with Gasteiger partial charge in [0.15, 0.2) is 4.77 Å². The molecular weight excluding hydrogens is 244 g/mol. The van der Waals surface area contributed by atoms with Crippen molar-refractivity contribution in [3.63, 3.8) is 0 Å². The standard InChI is InChI=1S/C14H18N2OS/c1-4-14(2,3)9-16-12(17)10-7-5-6-8-11(10)15-13(16)18/h5-8H,4,9H2,1-3H3,(H,15,18). The Hall–Kier alpha value is -1.42. The van der Waals surface area contributed by atoms with Gasteiger partial charge in [-0.2, -0.15) is 0 Å². The first kappa shape index (κ1) is 13.0. The van der Waals surface area contributed by atoms with Crippen LogP contribution < -0.4 is 5.56 Å². The van der Waals surface area contributed by atoms with Crippen molar-refractivity contribution < 1.29 is 0 Å². The third-order valence-corrected chi connectivity index (χ3v) is 3.76. The van der Waals surface area contributed by atoms with Crippen LogP contribution in [0.2, 0.25) is 0 Å². The number of benzene rings is 1. The van der Waals surface area contributed by atoms with Gasteiger partial charge in [0.25, 0.3) is 5.56 Å². The maximum absolute atomic E-state index is 12.4. The third kappa shape index (κ3) is 2.38. The lowest BCUT2D eigenvalue weighted by atomic mass is 9.90. The molecule has 0 saturated carbocycles. The molecule has 0 aliphatic carbocycles. The summed E-state index contributed by atoms with van der Waals surface area (Å²) in [6.45, 7) is 7.05. The first-order valence-electron chi connectivity index (χ1n) is 6.16. The van der Waals surface area contributed by atoms with Gasteiger partial charge in [-0.05, 0) is 36.2 Å². The summed E-state index contributed by atoms with van der Waals surface area (Å²) >= 11 is 5.29. The van der Waals surface area contributed by atoms with E-state index in [4.69, 9.17) is 12.2 Å². The summed E-state index contributed by atoms with van der Waals surface area (Å²) in [4.78, 5) is 15.5. The molecule has 3 nitrogen and oxygen atoms in total. The quantitative estimate of drug-likeness (QED) is 0.860. The highest BCUT2D eigenvalue weighted by molar-refractivity contribution is 7.71. The van der Waals surface area contributed by atoms with Gasteiger partial charge in [-0.3, -0.25) is 9.36 Å². The molecule has 0 fully saturated rings. The summed E-state index contributed by atoms with van der Waals surface area (Å²) in [5.41, 5.74) is 0.863. The van der Waals surface area contributed by atoms with Gasteiger partial charge in [-0.15, -0.1) is 0 Å². The molecule has 0 unspecified atom stereocenters. The van der Waals surface area contributed by atoms with E-state index in [2.05, 4.69) is 25.8 Å². The molecule has 0 amide bonds. The smallest absolute Gasteiger partial charge is 0.262 e. The maximum Gasteiger partial charge on any atom is 0.262 e. The molecule has 1 heterocycles. The molecule has 0 aliphatic rings. The van der Waals surface area contributed by atoms with Gasteiger partial charge in [0, 0.05) is 6.54 Å². The van der Waals surface area contributed by atoms with Crippen LogP contribution in [0.4, 0.5) is 0 Å². The summed E-state index contributed by atoms with van der Waals surface area (Å²) < 4.78 is 2.17. The number of rotatable bonds is 3. The van der Waals surface area contributed by atoms with Gasteiger partial charge in [0.2, 0.25) is 0 Å². The highest BCUT2D eigenvalue weighted by Crippen LogP contribution is 2.21. The highest BCUT2D eigenvalue weighted by Gasteiger charge is 2.18. The van der Waals surface area contributed by atoms with Crippen molar-refractivity contribution in [3.05, 3.63) is 39.4 Å². The van der Waals surface area contributed by atoms with Gasteiger partial charge in [0.1, 0.15) is 0 Å². The molecule has 1 aromatic carbocycles. The van der Waals surface area contributed by atoms with Crippen LogP contribution in [0.5, 0.6) is 0 Å². The van der Waals surface area contributed by atoms with Crippen LogP contribution in [0.15, 0.2) is 29.1 Å². The molecule has 2 rings (SSSR count). The van der Waals surface area contributed by atoms with Crippen molar-refractivity contribution in [2.45, 2.75) is 33.7 Å². The maximum atomic E-state index is 12.4. The Balaban J connectivity index is 2.66. The normalized spacial score (nSPS) is 11.9. The Morgan fingerprint density at radius 3 is 2.67 bits per heavy atom. The summed E-state index contributed by atoms with van der Waals surface area (Å²) in [5.74, 6) is 0. The molecule has 1 aromatic heterocycles. The molecule has 2 aromatic rings. The summed E-state index contributed by atoms with van der Waals surface area (Å²) in [6, 6.07) is 7.48. The van der Waals surface area contributed by atoms with Crippen LogP contribution in [-0.2, 0) is 6.54 Å². The molecule has 0 aliphatic heterocycles. The second-order valence-corrected chi connectivity index (χ2v) is 5.77. The second-order valence-electron chi connectivity index (χ2n) is 5.38. The Kier molecular flexibility index (Phi) is 3.39. The van der Waals surface area contributed by atoms with Crippen molar-refractivity contribution in [2.75, 3.05) is 0 Å². The van der Waals surface area contributed by atoms with Crippen molar-refractivity contribution >= 4 is 23.1 Å². The predicted octanol–water partition coefficient (Wildman–Crippen LogP) is 3.50. The van der Waals surface area contributed by atoms with E-state index in [9.17, 15) is 4.79 Å². The molecule has 1 N–H and O–H groups in total. The van der Waals surface area contributed by atoms with E-state index in [-0.39, 0.29) is 11.0 Å². The molecular formula is C14H18N2OS. The number of H-pyrrole nitrogens is 1. The molecule has 0 saturated heterocycles. The van der Waals surface area contributed by atoms with Gasteiger partial charge < -0.3 is 4.98 Å². The molecule has 0 radical (unpaired) electrons. The third-order valence-electron chi connectivity index (χ3n) is 3.43. The number of nitrogens with zero attached hydrogens (tertiary/aromatic N) is 1. The minimum absolute atomic E-state index is 0.00382. The predicted molar refractivity (Wildman–Crippen MR) is 77.5 cm³/mol. The summed E-state index contributed by atoms with van der Waals surface area (Å²) in [6.07, 6.45) is 1.00. The van der Waals surface area contributed by atoms with Crippen molar-refractivity contribution in [2.24, 2.45) is 5.41 Å². The average molecular weight is 262 g/mol. The Morgan fingerprint density at radius 1 is 1.33 bits per heavy atom. The van der Waals surface area contributed by atoms with E-state index in [0.29, 0.717) is 16.7 Å². The molecule has 4 heteroatoms. The van der Waals surface area contributed by atoms with E-state index in [1.54, 1.807) is 4.57 Å². The van der Waals surface area contributed by atoms with Crippen LogP contribution in [0.1, 0.15) is 27.2 Å². The van der Waals surface area contributed by atoms with Crippen molar-refractivity contribution in [1.82, 2.24) is 9.55 Å². The van der Waals surface area contributed by atoms with Gasteiger partial charge >= 0.3 is 0 Å². The number of nitrogens with one attached hydrogen (secondary N) is 1. The number of aromatic nitrogens is 2. The van der Waals surface area contributed by atoms with Gasteiger partial charge in [-0.1, -0.05) is 32.9 Å². The molecule has 0 spiro atoms. The Labute approximate surface area is 111 Å². The Morgan fingerprint density at radius 2 is 2.00 bits per heavy atom. The van der Waals surface area contributed by atoms with Crippen LogP contribution in [0.25, 0.3) is 10.9 Å². The first-order valence-corrected chi connectivity index (χ1v) is 6.57. The number of hydrogen-bond acceptors (Lipinski definition) is 2. The zero-order valence-corrected chi connectivity index (χ0v) is 11.8. The molecule has 0 bridgehead atoms. The van der Waals surface area contributed by atoms with E-state index in [0.717, 1.165) is 11.9 Å². The number of hydrogen-bond donors (Lipinski definition) is 1. The molecule has 96 valence electrons. The van der Waals surface area contributed by atoms with Gasteiger partial charge in [0.05, 0.1) is 10.9 Å². The molecule has 0 atom stereocenters. The number of aromatic amines is 1. The summed E-state index contributed by atoms with van der Waals surface area (Å²) in [5, 5.41) is 0.693. The van der Waals surface area contributed by atoms with E-state index < -0.39 is 0 Å². The SMILES string of the molecule is CCC(C)(C)Cn1c(=S)[nH]c2ccccc2c1=O. The lowest BCUT2D eigenvalue weighted by molar-refractivity contribution is 0.288. The summed E-state index contributed by atoms with van der Waals surface area (Å²) in [7, 11) is 0. The minimum Gasteiger partial charge on any atom is -0.332 e. The Bertz CT molecular complexity index is 682. The van der Waals surface area contributed by atoms with E-state index in [1.807, 2.05) is 24.3 Å². The molecule has 18 heavy (non-hydrogen) atoms. The monoisotopic (exact) mass is 262 g/mol. The minimum atomic E-state index is -0.00382. The average Bonchev–Trinajstić information content (AvgIpc) is 2.34. The van der Waals surface area contributed by atoms with Crippen LogP contribution in [0.3, 0.4) is 0 Å². The van der Waals surface area contributed by atoms with Crippen LogP contribution >= 0.6 is 12.2 Å². The van der Waals surface area contributed by atoms with E-state index in [1.165, 1.54) is 0 Å². The lowest BCUT2D eigenvalue weighted by Crippen LogP contribution is -2.29. The van der Waals surface area contributed by atoms with Crippen molar-refractivity contribution in [1.29, 1.82) is 0 Å². The van der Waals surface area contributed by atoms with Crippen LogP contribution in [0, 0.1) is 10.2 Å². The van der Waals surface area contributed by atoms with Gasteiger partial charge in [-0.25, -0.2) is 0 Å². The van der Waals surface area contributed by atoms with E-state index >= 15 is 0 Å². The fourth-order valence-corrected chi connectivity index (χ4v) is 2.14. The zero-order chi connectivity index (χ0) is 13.3.